The highest BCUT2D eigenvalue weighted by atomic mass is 79.9. The van der Waals surface area contributed by atoms with Gasteiger partial charge in [-0.15, -0.1) is 0 Å². The summed E-state index contributed by atoms with van der Waals surface area (Å²) < 4.78 is 6.69. The lowest BCUT2D eigenvalue weighted by Crippen LogP contribution is -2.11. The van der Waals surface area contributed by atoms with Crippen molar-refractivity contribution in [1.82, 2.24) is 4.57 Å². The Kier molecular flexibility index (Phi) is 3.33. The van der Waals surface area contributed by atoms with Crippen molar-refractivity contribution < 1.29 is 14.5 Å². The zero-order chi connectivity index (χ0) is 13.3. The van der Waals surface area contributed by atoms with Gasteiger partial charge in [-0.1, -0.05) is 15.9 Å². The molecular formula is C11H9BrN2O4. The van der Waals surface area contributed by atoms with Crippen LogP contribution in [-0.2, 0) is 16.1 Å². The smallest absolute Gasteiger partial charge is 0.325 e. The first kappa shape index (κ1) is 12.6. The molecule has 0 atom stereocenters. The van der Waals surface area contributed by atoms with Gasteiger partial charge >= 0.3 is 5.97 Å². The number of nitro groups is 1. The molecule has 1 aromatic heterocycles. The largest absolute Gasteiger partial charge is 0.468 e. The summed E-state index contributed by atoms with van der Waals surface area (Å²) in [5, 5.41) is 11.7. The Morgan fingerprint density at radius 3 is 2.89 bits per heavy atom. The third-order valence-corrected chi connectivity index (χ3v) is 2.99. The molecule has 2 aromatic rings. The number of aromatic nitrogens is 1. The molecule has 94 valence electrons. The molecule has 2 rings (SSSR count). The monoisotopic (exact) mass is 312 g/mol. The van der Waals surface area contributed by atoms with Crippen LogP contribution in [-0.4, -0.2) is 22.6 Å². The van der Waals surface area contributed by atoms with Crippen LogP contribution in [0, 0.1) is 10.1 Å². The number of non-ortho nitro benzene ring substituents is 1. The van der Waals surface area contributed by atoms with E-state index < -0.39 is 10.9 Å². The van der Waals surface area contributed by atoms with Crippen LogP contribution in [0.25, 0.3) is 10.9 Å². The Hall–Kier alpha value is -1.89. The summed E-state index contributed by atoms with van der Waals surface area (Å²) >= 11 is 3.22. The summed E-state index contributed by atoms with van der Waals surface area (Å²) in [7, 11) is 1.28. The standard InChI is InChI=1S/C11H9BrN2O4/c1-18-10(15)6-13-3-2-7-4-8(12)5-9(11(7)13)14(16)17/h2-5H,6H2,1H3. The van der Waals surface area contributed by atoms with Gasteiger partial charge in [-0.2, -0.15) is 0 Å². The van der Waals surface area contributed by atoms with Crippen molar-refractivity contribution in [3.05, 3.63) is 39.0 Å². The second kappa shape index (κ2) is 4.77. The van der Waals surface area contributed by atoms with Crippen molar-refractivity contribution in [3.63, 3.8) is 0 Å². The van der Waals surface area contributed by atoms with E-state index in [1.807, 2.05) is 0 Å². The molecule has 0 bridgehead atoms. The number of methoxy groups -OCH3 is 1. The van der Waals surface area contributed by atoms with Gasteiger partial charge < -0.3 is 9.30 Å². The molecule has 0 fully saturated rings. The van der Waals surface area contributed by atoms with E-state index in [4.69, 9.17) is 0 Å². The Morgan fingerprint density at radius 1 is 1.56 bits per heavy atom. The van der Waals surface area contributed by atoms with Gasteiger partial charge in [0.25, 0.3) is 5.69 Å². The molecule has 7 heteroatoms. The number of nitro benzene ring substituents is 1. The molecule has 0 radical (unpaired) electrons. The normalized spacial score (nSPS) is 10.6. The highest BCUT2D eigenvalue weighted by Gasteiger charge is 2.18. The van der Waals surface area contributed by atoms with Crippen LogP contribution in [0.3, 0.4) is 0 Å². The molecule has 0 N–H and O–H groups in total. The minimum absolute atomic E-state index is 0.0479. The Labute approximate surface area is 110 Å². The van der Waals surface area contributed by atoms with Gasteiger partial charge in [0.15, 0.2) is 0 Å². The Balaban J connectivity index is 2.63. The van der Waals surface area contributed by atoms with E-state index in [0.29, 0.717) is 15.4 Å². The lowest BCUT2D eigenvalue weighted by Gasteiger charge is -2.04. The van der Waals surface area contributed by atoms with Crippen LogP contribution < -0.4 is 0 Å². The third kappa shape index (κ3) is 2.21. The lowest BCUT2D eigenvalue weighted by molar-refractivity contribution is -0.383. The van der Waals surface area contributed by atoms with E-state index in [-0.39, 0.29) is 12.2 Å². The maximum Gasteiger partial charge on any atom is 0.325 e. The van der Waals surface area contributed by atoms with Gasteiger partial charge in [0.05, 0.1) is 12.0 Å². The number of hydrogen-bond donors (Lipinski definition) is 0. The van der Waals surface area contributed by atoms with Crippen LogP contribution in [0.2, 0.25) is 0 Å². The molecular weight excluding hydrogens is 304 g/mol. The zero-order valence-electron chi connectivity index (χ0n) is 9.42. The van der Waals surface area contributed by atoms with Gasteiger partial charge in [-0.25, -0.2) is 0 Å². The van der Waals surface area contributed by atoms with Crippen LogP contribution in [0.1, 0.15) is 0 Å². The molecule has 0 saturated carbocycles. The molecule has 18 heavy (non-hydrogen) atoms. The van der Waals surface area contributed by atoms with E-state index in [2.05, 4.69) is 20.7 Å². The second-order valence-corrected chi connectivity index (χ2v) is 4.56. The minimum Gasteiger partial charge on any atom is -0.468 e. The first-order valence-corrected chi connectivity index (χ1v) is 5.82. The van der Waals surface area contributed by atoms with Crippen molar-refractivity contribution >= 4 is 38.5 Å². The number of nitrogens with zero attached hydrogens (tertiary/aromatic N) is 2. The molecule has 1 aromatic carbocycles. The molecule has 0 unspecified atom stereocenters. The maximum atomic E-state index is 11.2. The van der Waals surface area contributed by atoms with Gasteiger partial charge in [0, 0.05) is 22.1 Å². The lowest BCUT2D eigenvalue weighted by atomic mass is 10.2. The highest BCUT2D eigenvalue weighted by molar-refractivity contribution is 9.10. The van der Waals surface area contributed by atoms with E-state index in [1.54, 1.807) is 18.3 Å². The number of benzene rings is 1. The van der Waals surface area contributed by atoms with Crippen LogP contribution in [0.4, 0.5) is 5.69 Å². The number of ether oxygens (including phenoxy) is 1. The average molecular weight is 313 g/mol. The van der Waals surface area contributed by atoms with Crippen LogP contribution in [0.15, 0.2) is 28.9 Å². The number of fused-ring (bicyclic) bond motifs is 1. The first-order chi connectivity index (χ1) is 8.52. The summed E-state index contributed by atoms with van der Waals surface area (Å²) in [6.07, 6.45) is 1.63. The van der Waals surface area contributed by atoms with Crippen molar-refractivity contribution in [2.24, 2.45) is 0 Å². The molecule has 0 spiro atoms. The molecule has 6 nitrogen and oxygen atoms in total. The predicted octanol–water partition coefficient (Wildman–Crippen LogP) is 2.49. The number of halogens is 1. The molecule has 1 heterocycles. The van der Waals surface area contributed by atoms with Gasteiger partial charge in [0.1, 0.15) is 12.1 Å². The van der Waals surface area contributed by atoms with E-state index in [0.717, 1.165) is 0 Å². The number of hydrogen-bond acceptors (Lipinski definition) is 4. The molecule has 0 aliphatic carbocycles. The first-order valence-electron chi connectivity index (χ1n) is 5.02. The molecule has 0 aliphatic rings. The Bertz CT molecular complexity index is 635. The third-order valence-electron chi connectivity index (χ3n) is 2.53. The van der Waals surface area contributed by atoms with Crippen molar-refractivity contribution in [2.45, 2.75) is 6.54 Å². The van der Waals surface area contributed by atoms with Crippen molar-refractivity contribution in [2.75, 3.05) is 7.11 Å². The van der Waals surface area contributed by atoms with E-state index in [9.17, 15) is 14.9 Å². The van der Waals surface area contributed by atoms with Gasteiger partial charge in [-0.05, 0) is 12.1 Å². The minimum atomic E-state index is -0.471. The van der Waals surface area contributed by atoms with Crippen molar-refractivity contribution in [1.29, 1.82) is 0 Å². The number of rotatable bonds is 3. The SMILES string of the molecule is COC(=O)Cn1ccc2cc(Br)cc([N+](=O)[O-])c21. The van der Waals surface area contributed by atoms with Gasteiger partial charge in [-0.3, -0.25) is 14.9 Å². The summed E-state index contributed by atoms with van der Waals surface area (Å²) in [5.74, 6) is -0.454. The molecule has 0 amide bonds. The van der Waals surface area contributed by atoms with Gasteiger partial charge in [0.2, 0.25) is 0 Å². The van der Waals surface area contributed by atoms with E-state index >= 15 is 0 Å². The average Bonchev–Trinajstić information content (AvgIpc) is 2.70. The number of carbonyl (C=O) groups is 1. The number of carbonyl (C=O) groups excluding carboxylic acids is 1. The number of esters is 1. The van der Waals surface area contributed by atoms with Crippen molar-refractivity contribution in [3.8, 4) is 0 Å². The van der Waals surface area contributed by atoms with Crippen LogP contribution in [0.5, 0.6) is 0 Å². The fourth-order valence-corrected chi connectivity index (χ4v) is 2.23. The molecule has 0 saturated heterocycles. The summed E-state index contributed by atoms with van der Waals surface area (Å²) in [5.41, 5.74) is 0.363. The fraction of sp³-hybridized carbons (Fsp3) is 0.182. The highest BCUT2D eigenvalue weighted by Crippen LogP contribution is 2.30. The quantitative estimate of drug-likeness (QED) is 0.496. The molecule has 0 aliphatic heterocycles. The zero-order valence-corrected chi connectivity index (χ0v) is 11.0. The summed E-state index contributed by atoms with van der Waals surface area (Å²) in [4.78, 5) is 21.8. The fourth-order valence-electron chi connectivity index (χ4n) is 1.76. The predicted molar refractivity (Wildman–Crippen MR) is 68.3 cm³/mol. The summed E-state index contributed by atoms with van der Waals surface area (Å²) in [6, 6.07) is 4.89. The van der Waals surface area contributed by atoms with E-state index in [1.165, 1.54) is 17.7 Å². The second-order valence-electron chi connectivity index (χ2n) is 3.64. The maximum absolute atomic E-state index is 11.2. The van der Waals surface area contributed by atoms with Crippen LogP contribution >= 0.6 is 15.9 Å². The Morgan fingerprint density at radius 2 is 2.28 bits per heavy atom. The summed E-state index contributed by atoms with van der Waals surface area (Å²) in [6.45, 7) is -0.0531. The topological polar surface area (TPSA) is 74.4 Å².